The molecule has 0 aromatic heterocycles. The van der Waals surface area contributed by atoms with Gasteiger partial charge in [0.25, 0.3) is 0 Å². The van der Waals surface area contributed by atoms with Crippen LogP contribution in [0.15, 0.2) is 0 Å². The van der Waals surface area contributed by atoms with E-state index in [-0.39, 0.29) is 0 Å². The molecule has 0 heterocycles. The number of nitrogens with zero attached hydrogens (tertiary/aromatic N) is 1. The molecule has 0 aliphatic heterocycles. The molecule has 2 N–H and O–H groups in total. The first-order valence-corrected chi connectivity index (χ1v) is 3.03. The van der Waals surface area contributed by atoms with Crippen LogP contribution in [0.4, 0.5) is 0 Å². The van der Waals surface area contributed by atoms with Crippen molar-refractivity contribution < 1.29 is 0 Å². The fourth-order valence-electron chi connectivity index (χ4n) is 0.462. The molecule has 0 radical (unpaired) electrons. The van der Waals surface area contributed by atoms with Crippen LogP contribution in [0, 0.1) is 0 Å². The van der Waals surface area contributed by atoms with Gasteiger partial charge in [-0.25, -0.2) is 0 Å². The van der Waals surface area contributed by atoms with Crippen molar-refractivity contribution in [3.05, 3.63) is 0 Å². The van der Waals surface area contributed by atoms with Crippen LogP contribution in [-0.4, -0.2) is 31.6 Å². The summed E-state index contributed by atoms with van der Waals surface area (Å²) in [5.41, 5.74) is 5.51. The summed E-state index contributed by atoms with van der Waals surface area (Å²) in [7, 11) is 4.12. The first-order chi connectivity index (χ1) is 3.63. The van der Waals surface area contributed by atoms with Crippen LogP contribution in [0.25, 0.3) is 0 Å². The second-order valence-electron chi connectivity index (χ2n) is 2.57. The van der Waals surface area contributed by atoms with Gasteiger partial charge in [0.05, 0.1) is 0 Å². The number of hydrogen-bond donors (Lipinski definition) is 1. The van der Waals surface area contributed by atoms with Crippen LogP contribution in [-0.2, 0) is 0 Å². The molecule has 0 amide bonds. The molecule has 0 aromatic rings. The summed E-state index contributed by atoms with van der Waals surface area (Å²) < 4.78 is 0. The van der Waals surface area contributed by atoms with Gasteiger partial charge in [-0.15, -0.1) is 0 Å². The summed E-state index contributed by atoms with van der Waals surface area (Å²) in [6, 6.07) is 0.345. The smallest absolute Gasteiger partial charge is 0.00226 e. The Morgan fingerprint density at radius 2 is 2.00 bits per heavy atom. The van der Waals surface area contributed by atoms with Gasteiger partial charge in [-0.1, -0.05) is 0 Å². The van der Waals surface area contributed by atoms with E-state index in [9.17, 15) is 0 Å². The number of hydrogen-bond acceptors (Lipinski definition) is 2. The monoisotopic (exact) mass is 116 g/mol. The van der Waals surface area contributed by atoms with Crippen molar-refractivity contribution in [2.24, 2.45) is 5.73 Å². The maximum atomic E-state index is 5.51. The summed E-state index contributed by atoms with van der Waals surface area (Å²) >= 11 is 0. The lowest BCUT2D eigenvalue weighted by Gasteiger charge is -2.10. The lowest BCUT2D eigenvalue weighted by Crippen LogP contribution is -2.22. The average molecular weight is 116 g/mol. The Hall–Kier alpha value is -0.0800. The minimum Gasteiger partial charge on any atom is -0.328 e. The van der Waals surface area contributed by atoms with E-state index >= 15 is 0 Å². The van der Waals surface area contributed by atoms with Gasteiger partial charge in [0.2, 0.25) is 0 Å². The topological polar surface area (TPSA) is 29.3 Å². The van der Waals surface area contributed by atoms with Crippen LogP contribution in [0.5, 0.6) is 0 Å². The normalized spacial score (nSPS) is 14.6. The molecule has 2 heteroatoms. The van der Waals surface area contributed by atoms with Crippen molar-refractivity contribution in [2.45, 2.75) is 19.4 Å². The summed E-state index contributed by atoms with van der Waals surface area (Å²) in [5.74, 6) is 0. The highest BCUT2D eigenvalue weighted by Gasteiger charge is 1.93. The molecule has 2 nitrogen and oxygen atoms in total. The molecule has 0 bridgehead atoms. The second kappa shape index (κ2) is 3.87. The SMILES string of the molecule is C[C@H](N)CCN(C)C. The maximum absolute atomic E-state index is 5.51. The lowest BCUT2D eigenvalue weighted by atomic mass is 10.2. The molecule has 8 heavy (non-hydrogen) atoms. The van der Waals surface area contributed by atoms with E-state index < -0.39 is 0 Å². The van der Waals surface area contributed by atoms with Gasteiger partial charge in [-0.3, -0.25) is 0 Å². The molecule has 0 spiro atoms. The van der Waals surface area contributed by atoms with Crippen molar-refractivity contribution in [2.75, 3.05) is 20.6 Å². The van der Waals surface area contributed by atoms with Crippen LogP contribution >= 0.6 is 0 Å². The summed E-state index contributed by atoms with van der Waals surface area (Å²) in [5, 5.41) is 0. The molecule has 0 aliphatic carbocycles. The Balaban J connectivity index is 2.93. The lowest BCUT2D eigenvalue weighted by molar-refractivity contribution is 0.386. The fraction of sp³-hybridized carbons (Fsp3) is 1.00. The molecular formula is C6H16N2. The van der Waals surface area contributed by atoms with Gasteiger partial charge in [0.1, 0.15) is 0 Å². The van der Waals surface area contributed by atoms with E-state index in [1.165, 1.54) is 0 Å². The van der Waals surface area contributed by atoms with Crippen molar-refractivity contribution in [3.63, 3.8) is 0 Å². The molecule has 0 saturated carbocycles. The van der Waals surface area contributed by atoms with E-state index in [0.29, 0.717) is 6.04 Å². The summed E-state index contributed by atoms with van der Waals surface area (Å²) in [6.45, 7) is 3.13. The van der Waals surface area contributed by atoms with Crippen molar-refractivity contribution in [1.82, 2.24) is 4.90 Å². The molecule has 0 unspecified atom stereocenters. The first-order valence-electron chi connectivity index (χ1n) is 3.03. The Kier molecular flexibility index (Phi) is 3.83. The van der Waals surface area contributed by atoms with Gasteiger partial charge < -0.3 is 10.6 Å². The predicted molar refractivity (Wildman–Crippen MR) is 36.8 cm³/mol. The summed E-state index contributed by atoms with van der Waals surface area (Å²) in [4.78, 5) is 2.14. The first kappa shape index (κ1) is 7.92. The number of nitrogens with two attached hydrogens (primary N) is 1. The van der Waals surface area contributed by atoms with Crippen LogP contribution in [0.2, 0.25) is 0 Å². The van der Waals surface area contributed by atoms with Gasteiger partial charge in [-0.2, -0.15) is 0 Å². The molecule has 0 aromatic carbocycles. The molecule has 0 rings (SSSR count). The minimum absolute atomic E-state index is 0.345. The standard InChI is InChI=1S/C6H16N2/c1-6(7)4-5-8(2)3/h6H,4-5,7H2,1-3H3/t6-/m0/s1. The van der Waals surface area contributed by atoms with E-state index in [2.05, 4.69) is 19.0 Å². The van der Waals surface area contributed by atoms with Gasteiger partial charge >= 0.3 is 0 Å². The van der Waals surface area contributed by atoms with Crippen LogP contribution < -0.4 is 5.73 Å². The van der Waals surface area contributed by atoms with Gasteiger partial charge in [0.15, 0.2) is 0 Å². The minimum atomic E-state index is 0.345. The zero-order valence-corrected chi connectivity index (χ0v) is 6.02. The van der Waals surface area contributed by atoms with Crippen LogP contribution in [0.3, 0.4) is 0 Å². The molecule has 0 saturated heterocycles. The average Bonchev–Trinajstić information content (AvgIpc) is 1.61. The Morgan fingerprint density at radius 3 is 2.12 bits per heavy atom. The maximum Gasteiger partial charge on any atom is 0.00226 e. The highest BCUT2D eigenvalue weighted by atomic mass is 15.0. The Bertz CT molecular complexity index is 42.5. The van der Waals surface area contributed by atoms with E-state index in [1.807, 2.05) is 6.92 Å². The molecule has 50 valence electrons. The zero-order chi connectivity index (χ0) is 6.57. The van der Waals surface area contributed by atoms with E-state index in [4.69, 9.17) is 5.73 Å². The fourth-order valence-corrected chi connectivity index (χ4v) is 0.462. The van der Waals surface area contributed by atoms with Crippen molar-refractivity contribution in [1.29, 1.82) is 0 Å². The number of rotatable bonds is 3. The van der Waals surface area contributed by atoms with E-state index in [0.717, 1.165) is 13.0 Å². The molecular weight excluding hydrogens is 100 g/mol. The Labute approximate surface area is 51.7 Å². The molecule has 0 fully saturated rings. The highest BCUT2D eigenvalue weighted by molar-refractivity contribution is 4.54. The van der Waals surface area contributed by atoms with Crippen LogP contribution in [0.1, 0.15) is 13.3 Å². The van der Waals surface area contributed by atoms with Gasteiger partial charge in [-0.05, 0) is 34.0 Å². The third-order valence-corrected chi connectivity index (χ3v) is 1.03. The van der Waals surface area contributed by atoms with Crippen molar-refractivity contribution >= 4 is 0 Å². The van der Waals surface area contributed by atoms with Gasteiger partial charge in [0, 0.05) is 6.04 Å². The third-order valence-electron chi connectivity index (χ3n) is 1.03. The molecule has 0 aliphatic rings. The highest BCUT2D eigenvalue weighted by Crippen LogP contribution is 1.86. The quantitative estimate of drug-likeness (QED) is 0.574. The Morgan fingerprint density at radius 1 is 1.50 bits per heavy atom. The predicted octanol–water partition coefficient (Wildman–Crippen LogP) is 0.285. The summed E-state index contributed by atoms with van der Waals surface area (Å²) in [6.07, 6.45) is 1.09. The van der Waals surface area contributed by atoms with E-state index in [1.54, 1.807) is 0 Å². The zero-order valence-electron chi connectivity index (χ0n) is 6.02. The van der Waals surface area contributed by atoms with Crippen molar-refractivity contribution in [3.8, 4) is 0 Å². The largest absolute Gasteiger partial charge is 0.328 e. The second-order valence-corrected chi connectivity index (χ2v) is 2.57. The molecule has 1 atom stereocenters. The third kappa shape index (κ3) is 5.92.